The van der Waals surface area contributed by atoms with Gasteiger partial charge in [-0.1, -0.05) is 18.6 Å². The molecule has 8 heteroatoms. The minimum absolute atomic E-state index is 0. The van der Waals surface area contributed by atoms with Crippen LogP contribution in [0.4, 0.5) is 13.2 Å². The Labute approximate surface area is 139 Å². The molecule has 1 saturated carbocycles. The first-order chi connectivity index (χ1) is 10.3. The molecule has 1 amide bonds. The molecule has 3 N–H and O–H groups in total. The van der Waals surface area contributed by atoms with Crippen molar-refractivity contribution in [1.29, 1.82) is 0 Å². The van der Waals surface area contributed by atoms with Crippen molar-refractivity contribution in [3.05, 3.63) is 29.8 Å². The standard InChI is InChI=1S/C15H19F3N2O2.ClH/c16-15(17,18)22-13-6-4-10(5-7-13)9-20-14(21)11-2-1-3-12(19)8-11;/h4-7,11-12H,1-3,8-9,19H2,(H,20,21);1H. The fourth-order valence-corrected chi connectivity index (χ4v) is 2.61. The Morgan fingerprint density at radius 2 is 1.91 bits per heavy atom. The number of nitrogens with one attached hydrogen (secondary N) is 1. The number of halogens is 4. The molecular formula is C15H20ClF3N2O2. The molecule has 0 radical (unpaired) electrons. The third-order valence-corrected chi connectivity index (χ3v) is 3.71. The summed E-state index contributed by atoms with van der Waals surface area (Å²) in [5.41, 5.74) is 6.56. The maximum absolute atomic E-state index is 12.0. The van der Waals surface area contributed by atoms with E-state index in [0.29, 0.717) is 12.0 Å². The quantitative estimate of drug-likeness (QED) is 0.875. The lowest BCUT2D eigenvalue weighted by Gasteiger charge is -2.25. The van der Waals surface area contributed by atoms with Gasteiger partial charge in [-0.05, 0) is 37.0 Å². The van der Waals surface area contributed by atoms with Crippen LogP contribution in [0.3, 0.4) is 0 Å². The van der Waals surface area contributed by atoms with Crippen molar-refractivity contribution < 1.29 is 22.7 Å². The second-order valence-electron chi connectivity index (χ2n) is 5.53. The van der Waals surface area contributed by atoms with E-state index in [1.165, 1.54) is 24.3 Å². The molecule has 0 aromatic heterocycles. The number of hydrogen-bond donors (Lipinski definition) is 2. The third-order valence-electron chi connectivity index (χ3n) is 3.71. The lowest BCUT2D eigenvalue weighted by atomic mass is 9.85. The Morgan fingerprint density at radius 1 is 1.26 bits per heavy atom. The number of carbonyl (C=O) groups is 1. The topological polar surface area (TPSA) is 64.4 Å². The molecule has 1 aromatic rings. The fraction of sp³-hybridized carbons (Fsp3) is 0.533. The highest BCUT2D eigenvalue weighted by atomic mass is 35.5. The van der Waals surface area contributed by atoms with Crippen LogP contribution in [0.25, 0.3) is 0 Å². The molecule has 2 unspecified atom stereocenters. The molecule has 1 aliphatic rings. The van der Waals surface area contributed by atoms with Crippen LogP contribution in [0.15, 0.2) is 24.3 Å². The molecule has 23 heavy (non-hydrogen) atoms. The minimum Gasteiger partial charge on any atom is -0.406 e. The van der Waals surface area contributed by atoms with Crippen molar-refractivity contribution in [3.8, 4) is 5.75 Å². The lowest BCUT2D eigenvalue weighted by Crippen LogP contribution is -2.37. The van der Waals surface area contributed by atoms with E-state index in [1.807, 2.05) is 0 Å². The number of alkyl halides is 3. The van der Waals surface area contributed by atoms with Crippen molar-refractivity contribution in [2.75, 3.05) is 0 Å². The highest BCUT2D eigenvalue weighted by Gasteiger charge is 2.31. The molecule has 1 fully saturated rings. The fourth-order valence-electron chi connectivity index (χ4n) is 2.61. The number of amides is 1. The lowest BCUT2D eigenvalue weighted by molar-refractivity contribution is -0.274. The van der Waals surface area contributed by atoms with E-state index < -0.39 is 6.36 Å². The predicted molar refractivity (Wildman–Crippen MR) is 82.2 cm³/mol. The van der Waals surface area contributed by atoms with Crippen molar-refractivity contribution in [2.24, 2.45) is 11.7 Å². The van der Waals surface area contributed by atoms with Gasteiger partial charge in [-0.15, -0.1) is 25.6 Å². The van der Waals surface area contributed by atoms with E-state index in [4.69, 9.17) is 5.73 Å². The van der Waals surface area contributed by atoms with Crippen molar-refractivity contribution in [3.63, 3.8) is 0 Å². The van der Waals surface area contributed by atoms with Gasteiger partial charge in [0.25, 0.3) is 0 Å². The van der Waals surface area contributed by atoms with Gasteiger partial charge in [0.1, 0.15) is 5.75 Å². The molecule has 0 bridgehead atoms. The number of ether oxygens (including phenoxy) is 1. The number of carbonyl (C=O) groups excluding carboxylic acids is 1. The second-order valence-corrected chi connectivity index (χ2v) is 5.53. The largest absolute Gasteiger partial charge is 0.573 e. The van der Waals surface area contributed by atoms with Crippen molar-refractivity contribution >= 4 is 18.3 Å². The van der Waals surface area contributed by atoms with E-state index in [9.17, 15) is 18.0 Å². The van der Waals surface area contributed by atoms with E-state index in [1.54, 1.807) is 0 Å². The number of benzene rings is 1. The van der Waals surface area contributed by atoms with Gasteiger partial charge in [-0.25, -0.2) is 0 Å². The van der Waals surface area contributed by atoms with Gasteiger partial charge in [0, 0.05) is 18.5 Å². The normalized spacial score (nSPS) is 21.2. The van der Waals surface area contributed by atoms with Crippen LogP contribution in [0, 0.1) is 5.92 Å². The van der Waals surface area contributed by atoms with Crippen LogP contribution >= 0.6 is 12.4 Å². The van der Waals surface area contributed by atoms with Crippen LogP contribution in [0.5, 0.6) is 5.75 Å². The van der Waals surface area contributed by atoms with Gasteiger partial charge in [0.05, 0.1) is 0 Å². The Balaban J connectivity index is 0.00000264. The number of rotatable bonds is 4. The molecule has 130 valence electrons. The van der Waals surface area contributed by atoms with Crippen LogP contribution in [-0.4, -0.2) is 18.3 Å². The smallest absolute Gasteiger partial charge is 0.406 e. The summed E-state index contributed by atoms with van der Waals surface area (Å²) < 4.78 is 39.9. The monoisotopic (exact) mass is 352 g/mol. The highest BCUT2D eigenvalue weighted by Crippen LogP contribution is 2.24. The average Bonchev–Trinajstić information content (AvgIpc) is 2.44. The molecule has 1 aromatic carbocycles. The van der Waals surface area contributed by atoms with E-state index in [-0.39, 0.29) is 42.6 Å². The first-order valence-electron chi connectivity index (χ1n) is 7.21. The van der Waals surface area contributed by atoms with Crippen LogP contribution < -0.4 is 15.8 Å². The molecule has 0 spiro atoms. The molecule has 4 nitrogen and oxygen atoms in total. The average molecular weight is 353 g/mol. The van der Waals surface area contributed by atoms with Crippen molar-refractivity contribution in [2.45, 2.75) is 44.6 Å². The zero-order valence-electron chi connectivity index (χ0n) is 12.4. The molecule has 0 aliphatic heterocycles. The van der Waals surface area contributed by atoms with Crippen LogP contribution in [0.1, 0.15) is 31.2 Å². The summed E-state index contributed by atoms with van der Waals surface area (Å²) in [6.45, 7) is 0.275. The van der Waals surface area contributed by atoms with E-state index in [0.717, 1.165) is 19.3 Å². The van der Waals surface area contributed by atoms with E-state index in [2.05, 4.69) is 10.1 Å². The summed E-state index contributed by atoms with van der Waals surface area (Å²) >= 11 is 0. The minimum atomic E-state index is -4.70. The molecule has 0 heterocycles. The van der Waals surface area contributed by atoms with E-state index >= 15 is 0 Å². The third kappa shape index (κ3) is 6.66. The molecule has 2 rings (SSSR count). The molecular weight excluding hydrogens is 333 g/mol. The number of hydrogen-bond acceptors (Lipinski definition) is 3. The van der Waals surface area contributed by atoms with Gasteiger partial charge < -0.3 is 15.8 Å². The first kappa shape index (κ1) is 19.6. The highest BCUT2D eigenvalue weighted by molar-refractivity contribution is 5.85. The molecule has 2 atom stereocenters. The van der Waals surface area contributed by atoms with Gasteiger partial charge in [0.15, 0.2) is 0 Å². The summed E-state index contributed by atoms with van der Waals surface area (Å²) in [5.74, 6) is -0.400. The summed E-state index contributed by atoms with van der Waals surface area (Å²) in [6, 6.07) is 5.52. The Bertz CT molecular complexity index is 508. The molecule has 1 aliphatic carbocycles. The number of nitrogens with two attached hydrogens (primary N) is 1. The maximum Gasteiger partial charge on any atom is 0.573 e. The first-order valence-corrected chi connectivity index (χ1v) is 7.21. The summed E-state index contributed by atoms with van der Waals surface area (Å²) in [7, 11) is 0. The Hall–Kier alpha value is -1.47. The Kier molecular flexibility index (Phi) is 7.15. The van der Waals surface area contributed by atoms with Gasteiger partial charge in [0.2, 0.25) is 5.91 Å². The Morgan fingerprint density at radius 3 is 2.48 bits per heavy atom. The van der Waals surface area contributed by atoms with Crippen LogP contribution in [-0.2, 0) is 11.3 Å². The second kappa shape index (κ2) is 8.40. The van der Waals surface area contributed by atoms with Gasteiger partial charge in [-0.2, -0.15) is 0 Å². The predicted octanol–water partition coefficient (Wildman–Crippen LogP) is 3.14. The summed E-state index contributed by atoms with van der Waals surface area (Å²) in [6.07, 6.45) is -1.29. The zero-order valence-corrected chi connectivity index (χ0v) is 13.3. The summed E-state index contributed by atoms with van der Waals surface area (Å²) in [4.78, 5) is 12.0. The van der Waals surface area contributed by atoms with Crippen molar-refractivity contribution in [1.82, 2.24) is 5.32 Å². The zero-order chi connectivity index (χ0) is 16.2. The van der Waals surface area contributed by atoms with Gasteiger partial charge >= 0.3 is 6.36 Å². The SMILES string of the molecule is Cl.NC1CCCC(C(=O)NCc2ccc(OC(F)(F)F)cc2)C1. The summed E-state index contributed by atoms with van der Waals surface area (Å²) in [5, 5.41) is 2.80. The van der Waals surface area contributed by atoms with Gasteiger partial charge in [-0.3, -0.25) is 4.79 Å². The maximum atomic E-state index is 12.0. The molecule has 0 saturated heterocycles. The van der Waals surface area contributed by atoms with Crippen LogP contribution in [0.2, 0.25) is 0 Å².